The minimum atomic E-state index is -0.331. The van der Waals surface area contributed by atoms with Gasteiger partial charge in [0.15, 0.2) is 5.65 Å². The maximum Gasteiger partial charge on any atom is 0.155 e. The molecule has 4 heterocycles. The van der Waals surface area contributed by atoms with Crippen molar-refractivity contribution in [2.45, 2.75) is 26.2 Å². The number of fused-ring (bicyclic) bond motifs is 4. The van der Waals surface area contributed by atoms with Gasteiger partial charge in [0.2, 0.25) is 0 Å². The molecule has 229 valence electrons. The molecule has 0 atom stereocenters. The predicted octanol–water partition coefficient (Wildman–Crippen LogP) is 9.77. The maximum absolute atomic E-state index is 13.9. The van der Waals surface area contributed by atoms with Crippen LogP contribution in [0.25, 0.3) is 61.4 Å². The summed E-state index contributed by atoms with van der Waals surface area (Å²) in [5.74, 6) is 0.349. The second-order valence-electron chi connectivity index (χ2n) is 11.8. The van der Waals surface area contributed by atoms with Crippen molar-refractivity contribution in [2.75, 3.05) is 0 Å². The number of aromatic nitrogens is 4. The van der Waals surface area contributed by atoms with Gasteiger partial charge in [0.05, 0.1) is 16.9 Å². The van der Waals surface area contributed by atoms with Crippen LogP contribution in [0.3, 0.4) is 0 Å². The summed E-state index contributed by atoms with van der Waals surface area (Å²) in [6.45, 7) is 6.48. The van der Waals surface area contributed by atoms with E-state index in [1.54, 1.807) is 12.3 Å². The van der Waals surface area contributed by atoms with Gasteiger partial charge >= 0.3 is 0 Å². The number of hydrogen-bond donors (Lipinski definition) is 0. The predicted molar refractivity (Wildman–Crippen MR) is 178 cm³/mol. The number of pyridine rings is 2. The first-order chi connectivity index (χ1) is 21.9. The van der Waals surface area contributed by atoms with Crippen LogP contribution in [0.1, 0.15) is 26.3 Å². The molecule has 7 heteroatoms. The third-order valence-corrected chi connectivity index (χ3v) is 7.65. The third-order valence-electron chi connectivity index (χ3n) is 7.65. The van der Waals surface area contributed by atoms with Gasteiger partial charge in [-0.15, -0.1) is 54.1 Å². The topological polar surface area (TPSA) is 56.7 Å². The van der Waals surface area contributed by atoms with Crippen LogP contribution in [-0.4, -0.2) is 19.5 Å². The Kier molecular flexibility index (Phi) is 8.63. The quantitative estimate of drug-likeness (QED) is 0.168. The van der Waals surface area contributed by atoms with Gasteiger partial charge in [-0.2, -0.15) is 0 Å². The molecule has 0 aliphatic heterocycles. The van der Waals surface area contributed by atoms with Crippen LogP contribution >= 0.6 is 0 Å². The van der Waals surface area contributed by atoms with Crippen molar-refractivity contribution >= 4 is 33.1 Å². The summed E-state index contributed by atoms with van der Waals surface area (Å²) in [5.41, 5.74) is 7.42. The zero-order valence-electron chi connectivity index (χ0n) is 25.5. The van der Waals surface area contributed by atoms with Gasteiger partial charge < -0.3 is 14.0 Å². The smallest absolute Gasteiger partial charge is 0.155 e. The molecular weight excluding hydrogens is 752 g/mol. The molecular formula is C39H29FIrN4O-2. The number of halogens is 1. The summed E-state index contributed by atoms with van der Waals surface area (Å²) in [4.78, 5) is 14.0. The minimum Gasteiger partial charge on any atom is -0.500 e. The second kappa shape index (κ2) is 12.8. The summed E-state index contributed by atoms with van der Waals surface area (Å²) in [6, 6.07) is 40.7. The Morgan fingerprint density at radius 2 is 1.59 bits per heavy atom. The van der Waals surface area contributed by atoms with Gasteiger partial charge in [0.25, 0.3) is 0 Å². The average Bonchev–Trinajstić information content (AvgIpc) is 3.63. The number of furan rings is 1. The standard InChI is InChI=1S/C28H21FN3O.C11H8N.Ir/c1-28(2,3)17-14-23-27(30-16-17)32(19-8-5-4-6-9-19)26(31-23)22-11-7-10-21-20-13-12-18(29)15-24(20)33-25(21)22;1-2-6-10(7-3-1)11-8-4-5-9-12-11;/h4-10,12-16H,1-3H3;1-6,8-9H;/q2*-1;. The molecule has 0 saturated heterocycles. The number of para-hydroxylation sites is 1. The molecule has 1 radical (unpaired) electrons. The molecule has 0 aliphatic carbocycles. The average molecular weight is 781 g/mol. The molecule has 0 spiro atoms. The van der Waals surface area contributed by atoms with Crippen LogP contribution in [0.5, 0.6) is 0 Å². The fraction of sp³-hybridized carbons (Fsp3) is 0.103. The van der Waals surface area contributed by atoms with E-state index < -0.39 is 0 Å². The van der Waals surface area contributed by atoms with E-state index in [2.05, 4.69) is 44.0 Å². The Hall–Kier alpha value is -4.97. The number of hydrogen-bond acceptors (Lipinski definition) is 4. The fourth-order valence-electron chi connectivity index (χ4n) is 5.32. The summed E-state index contributed by atoms with van der Waals surface area (Å²) in [6.07, 6.45) is 3.71. The minimum absolute atomic E-state index is 0. The van der Waals surface area contributed by atoms with E-state index in [0.717, 1.165) is 44.4 Å². The van der Waals surface area contributed by atoms with Gasteiger partial charge in [-0.05, 0) is 53.1 Å². The van der Waals surface area contributed by atoms with Crippen LogP contribution in [0, 0.1) is 17.9 Å². The summed E-state index contributed by atoms with van der Waals surface area (Å²) in [7, 11) is 0. The summed E-state index contributed by atoms with van der Waals surface area (Å²) < 4.78 is 22.0. The molecule has 4 aromatic heterocycles. The van der Waals surface area contributed by atoms with Crippen LogP contribution < -0.4 is 0 Å². The monoisotopic (exact) mass is 781 g/mol. The number of benzene rings is 4. The van der Waals surface area contributed by atoms with Gasteiger partial charge in [-0.25, -0.2) is 9.37 Å². The van der Waals surface area contributed by atoms with Crippen molar-refractivity contribution in [3.05, 3.63) is 145 Å². The molecule has 0 fully saturated rings. The molecule has 46 heavy (non-hydrogen) atoms. The van der Waals surface area contributed by atoms with E-state index in [9.17, 15) is 4.39 Å². The van der Waals surface area contributed by atoms with E-state index >= 15 is 0 Å². The van der Waals surface area contributed by atoms with Crippen molar-refractivity contribution in [1.29, 1.82) is 0 Å². The van der Waals surface area contributed by atoms with Gasteiger partial charge in [0, 0.05) is 49.6 Å². The zero-order valence-corrected chi connectivity index (χ0v) is 27.9. The van der Waals surface area contributed by atoms with Crippen LogP contribution in [0.15, 0.2) is 126 Å². The van der Waals surface area contributed by atoms with E-state index in [1.807, 2.05) is 95.7 Å². The van der Waals surface area contributed by atoms with Crippen molar-refractivity contribution in [1.82, 2.24) is 19.5 Å². The van der Waals surface area contributed by atoms with Crippen molar-refractivity contribution < 1.29 is 28.9 Å². The first-order valence-electron chi connectivity index (χ1n) is 14.7. The van der Waals surface area contributed by atoms with Crippen molar-refractivity contribution in [3.63, 3.8) is 0 Å². The van der Waals surface area contributed by atoms with Crippen molar-refractivity contribution in [3.8, 4) is 28.3 Å². The molecule has 0 bridgehead atoms. The molecule has 5 nitrogen and oxygen atoms in total. The van der Waals surface area contributed by atoms with Gasteiger partial charge in [-0.3, -0.25) is 4.98 Å². The SMILES string of the molecule is CC(C)(C)c1cnc2c(c1)nc(-c1[c-]ccc3c1oc1cc(F)ccc13)n2-c1ccccc1.[Ir].[c-]1ccccc1-c1ccccn1. The molecule has 8 aromatic rings. The normalized spacial score (nSPS) is 11.3. The second-order valence-corrected chi connectivity index (χ2v) is 11.8. The molecule has 8 rings (SSSR count). The summed E-state index contributed by atoms with van der Waals surface area (Å²) in [5, 5.41) is 1.76. The first-order valence-corrected chi connectivity index (χ1v) is 14.7. The molecule has 0 amide bonds. The molecule has 0 saturated carbocycles. The molecule has 0 N–H and O–H groups in total. The molecule has 0 unspecified atom stereocenters. The molecule has 0 aliphatic rings. The van der Waals surface area contributed by atoms with Crippen LogP contribution in [0.2, 0.25) is 0 Å². The van der Waals surface area contributed by atoms with Crippen molar-refractivity contribution in [2.24, 2.45) is 0 Å². The van der Waals surface area contributed by atoms with E-state index in [0.29, 0.717) is 22.6 Å². The van der Waals surface area contributed by atoms with Crippen LogP contribution in [-0.2, 0) is 25.5 Å². The number of rotatable bonds is 3. The Labute approximate surface area is 280 Å². The van der Waals surface area contributed by atoms with Crippen LogP contribution in [0.4, 0.5) is 4.39 Å². The summed E-state index contributed by atoms with van der Waals surface area (Å²) >= 11 is 0. The van der Waals surface area contributed by atoms with E-state index in [1.165, 1.54) is 12.1 Å². The Balaban J connectivity index is 0.000000241. The Morgan fingerprint density at radius 3 is 2.33 bits per heavy atom. The third kappa shape index (κ3) is 6.00. The Bertz CT molecular complexity index is 2220. The zero-order chi connectivity index (χ0) is 31.0. The van der Waals surface area contributed by atoms with E-state index in [-0.39, 0.29) is 31.3 Å². The van der Waals surface area contributed by atoms with Gasteiger partial charge in [-0.1, -0.05) is 62.1 Å². The molecule has 4 aromatic carbocycles. The fourth-order valence-corrected chi connectivity index (χ4v) is 5.32. The van der Waals surface area contributed by atoms with E-state index in [4.69, 9.17) is 14.4 Å². The number of imidazole rings is 1. The number of nitrogens with zero attached hydrogens (tertiary/aromatic N) is 4. The Morgan fingerprint density at radius 1 is 0.783 bits per heavy atom. The van der Waals surface area contributed by atoms with Gasteiger partial charge in [0.1, 0.15) is 11.4 Å². The largest absolute Gasteiger partial charge is 0.500 e. The maximum atomic E-state index is 13.9. The first kappa shape index (κ1) is 31.0.